The van der Waals surface area contributed by atoms with Crippen LogP contribution < -0.4 is 10.1 Å². The van der Waals surface area contributed by atoms with E-state index < -0.39 is 12.6 Å². The van der Waals surface area contributed by atoms with Crippen LogP contribution in [0.15, 0.2) is 60.9 Å². The molecule has 0 aliphatic carbocycles. The molecule has 3 rings (SSSR count). The zero-order valence-corrected chi connectivity index (χ0v) is 14.7. The Bertz CT molecular complexity index is 873. The van der Waals surface area contributed by atoms with E-state index in [-0.39, 0.29) is 5.88 Å². The number of aryl methyl sites for hydroxylation is 1. The lowest BCUT2D eigenvalue weighted by molar-refractivity contribution is -0.139. The summed E-state index contributed by atoms with van der Waals surface area (Å²) in [5.41, 5.74) is 2.76. The molecule has 0 bridgehead atoms. The Hall–Kier alpha value is -3.48. The fraction of sp³-hybridized carbons (Fsp3) is 0.200. The van der Waals surface area contributed by atoms with Crippen molar-refractivity contribution in [3.63, 3.8) is 0 Å². The normalized spacial score (nSPS) is 10.4. The fourth-order valence-electron chi connectivity index (χ4n) is 2.52. The number of aromatic nitrogens is 3. The third-order valence-corrected chi connectivity index (χ3v) is 3.79. The van der Waals surface area contributed by atoms with E-state index in [4.69, 9.17) is 9.84 Å². The SMILES string of the molecule is O=C(O)COc1cc(-c2ccncc2)nc(NCCCc2ccccc2)n1. The Kier molecular flexibility index (Phi) is 6.30. The summed E-state index contributed by atoms with van der Waals surface area (Å²) in [4.78, 5) is 23.5. The topological polar surface area (TPSA) is 97.2 Å². The molecule has 27 heavy (non-hydrogen) atoms. The minimum Gasteiger partial charge on any atom is -0.479 e. The third-order valence-electron chi connectivity index (χ3n) is 3.79. The van der Waals surface area contributed by atoms with E-state index in [0.29, 0.717) is 18.2 Å². The van der Waals surface area contributed by atoms with Crippen LogP contribution in [0.2, 0.25) is 0 Å². The van der Waals surface area contributed by atoms with Crippen LogP contribution in [0, 0.1) is 0 Å². The lowest BCUT2D eigenvalue weighted by atomic mass is 10.1. The summed E-state index contributed by atoms with van der Waals surface area (Å²) in [5, 5.41) is 12.0. The van der Waals surface area contributed by atoms with Gasteiger partial charge in [-0.05, 0) is 30.5 Å². The van der Waals surface area contributed by atoms with Gasteiger partial charge in [0.1, 0.15) is 0 Å². The van der Waals surface area contributed by atoms with E-state index in [1.54, 1.807) is 18.5 Å². The Labute approximate surface area is 157 Å². The number of benzene rings is 1. The summed E-state index contributed by atoms with van der Waals surface area (Å²) in [6, 6.07) is 15.5. The number of carboxylic acid groups (broad SMARTS) is 1. The highest BCUT2D eigenvalue weighted by molar-refractivity contribution is 5.68. The largest absolute Gasteiger partial charge is 0.479 e. The number of aliphatic carboxylic acids is 1. The first kappa shape index (κ1) is 18.3. The third kappa shape index (κ3) is 5.78. The Balaban J connectivity index is 1.68. The first-order valence-corrected chi connectivity index (χ1v) is 8.62. The molecule has 2 aromatic heterocycles. The van der Waals surface area contributed by atoms with Gasteiger partial charge in [0.2, 0.25) is 11.8 Å². The number of anilines is 1. The number of carboxylic acids is 1. The first-order valence-electron chi connectivity index (χ1n) is 8.62. The van der Waals surface area contributed by atoms with Crippen molar-refractivity contribution in [1.29, 1.82) is 0 Å². The number of pyridine rings is 1. The van der Waals surface area contributed by atoms with Gasteiger partial charge in [-0.2, -0.15) is 4.98 Å². The van der Waals surface area contributed by atoms with Crippen LogP contribution in [0.1, 0.15) is 12.0 Å². The van der Waals surface area contributed by atoms with Crippen LogP contribution in [0.4, 0.5) is 5.95 Å². The van der Waals surface area contributed by atoms with Crippen LogP contribution in [-0.4, -0.2) is 39.2 Å². The fourth-order valence-corrected chi connectivity index (χ4v) is 2.52. The molecule has 138 valence electrons. The second-order valence-electron chi connectivity index (χ2n) is 5.85. The second-order valence-corrected chi connectivity index (χ2v) is 5.85. The standard InChI is InChI=1S/C20H20N4O3/c25-19(26)14-27-18-13-17(16-8-11-21-12-9-16)23-20(24-18)22-10-4-7-15-5-2-1-3-6-15/h1-3,5-6,8-9,11-13H,4,7,10,14H2,(H,25,26)(H,22,23,24). The van der Waals surface area contributed by atoms with Crippen LogP contribution >= 0.6 is 0 Å². The lowest BCUT2D eigenvalue weighted by Crippen LogP contribution is -2.12. The van der Waals surface area contributed by atoms with Crippen molar-refractivity contribution in [2.24, 2.45) is 0 Å². The molecule has 7 heteroatoms. The summed E-state index contributed by atoms with van der Waals surface area (Å²) in [7, 11) is 0. The summed E-state index contributed by atoms with van der Waals surface area (Å²) < 4.78 is 5.24. The van der Waals surface area contributed by atoms with Gasteiger partial charge in [0, 0.05) is 30.6 Å². The van der Waals surface area contributed by atoms with E-state index in [1.165, 1.54) is 5.56 Å². The quantitative estimate of drug-likeness (QED) is 0.563. The van der Waals surface area contributed by atoms with E-state index in [1.807, 2.05) is 30.3 Å². The Morgan fingerprint density at radius 3 is 2.59 bits per heavy atom. The maximum Gasteiger partial charge on any atom is 0.341 e. The molecule has 0 saturated heterocycles. The Morgan fingerprint density at radius 1 is 1.07 bits per heavy atom. The van der Waals surface area contributed by atoms with Crippen molar-refractivity contribution in [3.8, 4) is 17.1 Å². The van der Waals surface area contributed by atoms with Crippen LogP contribution in [0.25, 0.3) is 11.3 Å². The van der Waals surface area contributed by atoms with Gasteiger partial charge in [0.25, 0.3) is 0 Å². The molecule has 7 nitrogen and oxygen atoms in total. The monoisotopic (exact) mass is 364 g/mol. The van der Waals surface area contributed by atoms with Crippen molar-refractivity contribution in [2.45, 2.75) is 12.8 Å². The summed E-state index contributed by atoms with van der Waals surface area (Å²) in [5.74, 6) is -0.445. The minimum absolute atomic E-state index is 0.213. The molecule has 0 spiro atoms. The highest BCUT2D eigenvalue weighted by Gasteiger charge is 2.09. The summed E-state index contributed by atoms with van der Waals surface area (Å²) >= 11 is 0. The molecular weight excluding hydrogens is 344 g/mol. The maximum absolute atomic E-state index is 10.8. The number of carbonyl (C=O) groups is 1. The van der Waals surface area contributed by atoms with Crippen LogP contribution in [0.5, 0.6) is 5.88 Å². The maximum atomic E-state index is 10.8. The average Bonchev–Trinajstić information content (AvgIpc) is 2.71. The van der Waals surface area contributed by atoms with E-state index in [2.05, 4.69) is 32.4 Å². The molecular formula is C20H20N4O3. The molecule has 2 N–H and O–H groups in total. The van der Waals surface area contributed by atoms with Crippen molar-refractivity contribution in [2.75, 3.05) is 18.5 Å². The van der Waals surface area contributed by atoms with E-state index in [9.17, 15) is 4.79 Å². The predicted octanol–water partition coefficient (Wildman–Crippen LogP) is 3.05. The smallest absolute Gasteiger partial charge is 0.341 e. The molecule has 0 saturated carbocycles. The van der Waals surface area contributed by atoms with Crippen molar-refractivity contribution >= 4 is 11.9 Å². The van der Waals surface area contributed by atoms with Gasteiger partial charge in [-0.15, -0.1) is 0 Å². The predicted molar refractivity (Wildman–Crippen MR) is 102 cm³/mol. The number of nitrogens with one attached hydrogen (secondary N) is 1. The molecule has 0 fully saturated rings. The molecule has 0 amide bonds. The van der Waals surface area contributed by atoms with Gasteiger partial charge in [-0.25, -0.2) is 9.78 Å². The molecule has 3 aromatic rings. The van der Waals surface area contributed by atoms with Crippen LogP contribution in [-0.2, 0) is 11.2 Å². The van der Waals surface area contributed by atoms with Gasteiger partial charge >= 0.3 is 5.97 Å². The van der Waals surface area contributed by atoms with Crippen molar-refractivity contribution in [3.05, 3.63) is 66.5 Å². The van der Waals surface area contributed by atoms with E-state index in [0.717, 1.165) is 18.4 Å². The first-order chi connectivity index (χ1) is 13.2. The zero-order chi connectivity index (χ0) is 18.9. The van der Waals surface area contributed by atoms with Gasteiger partial charge < -0.3 is 15.2 Å². The molecule has 0 atom stereocenters. The Morgan fingerprint density at radius 2 is 1.85 bits per heavy atom. The van der Waals surface area contributed by atoms with Crippen molar-refractivity contribution < 1.29 is 14.6 Å². The molecule has 0 aliphatic heterocycles. The molecule has 2 heterocycles. The number of hydrogen-bond acceptors (Lipinski definition) is 6. The molecule has 0 radical (unpaired) electrons. The van der Waals surface area contributed by atoms with Crippen molar-refractivity contribution in [1.82, 2.24) is 15.0 Å². The second kappa shape index (κ2) is 9.28. The zero-order valence-electron chi connectivity index (χ0n) is 14.7. The van der Waals surface area contributed by atoms with Gasteiger partial charge in [-0.3, -0.25) is 4.98 Å². The number of hydrogen-bond donors (Lipinski definition) is 2. The average molecular weight is 364 g/mol. The lowest BCUT2D eigenvalue weighted by Gasteiger charge is -2.10. The van der Waals surface area contributed by atoms with Crippen LogP contribution in [0.3, 0.4) is 0 Å². The van der Waals surface area contributed by atoms with Gasteiger partial charge in [0.15, 0.2) is 6.61 Å². The highest BCUT2D eigenvalue weighted by atomic mass is 16.5. The summed E-state index contributed by atoms with van der Waals surface area (Å²) in [6.45, 7) is 0.229. The molecule has 0 aliphatic rings. The van der Waals surface area contributed by atoms with Gasteiger partial charge in [-0.1, -0.05) is 30.3 Å². The number of rotatable bonds is 9. The molecule has 0 unspecified atom stereocenters. The van der Waals surface area contributed by atoms with Gasteiger partial charge in [0.05, 0.1) is 5.69 Å². The minimum atomic E-state index is -1.06. The number of nitrogens with zero attached hydrogens (tertiary/aromatic N) is 3. The van der Waals surface area contributed by atoms with E-state index >= 15 is 0 Å². The highest BCUT2D eigenvalue weighted by Crippen LogP contribution is 2.22. The number of ether oxygens (including phenoxy) is 1. The molecule has 1 aromatic carbocycles. The summed E-state index contributed by atoms with van der Waals surface area (Å²) in [6.07, 6.45) is 5.20.